The number of sulfone groups is 1. The Labute approximate surface area is 148 Å². The lowest BCUT2D eigenvalue weighted by atomic mass is 10.1. The van der Waals surface area contributed by atoms with E-state index in [0.717, 1.165) is 24.0 Å². The van der Waals surface area contributed by atoms with Crippen LogP contribution in [0.15, 0.2) is 53.7 Å². The van der Waals surface area contributed by atoms with Crippen LogP contribution >= 0.6 is 0 Å². The minimum atomic E-state index is -3.44. The fourth-order valence-electron chi connectivity index (χ4n) is 2.51. The van der Waals surface area contributed by atoms with Crippen molar-refractivity contribution in [3.63, 3.8) is 0 Å². The van der Waals surface area contributed by atoms with Crippen LogP contribution in [0.4, 0.5) is 0 Å². The van der Waals surface area contributed by atoms with Crippen molar-refractivity contribution in [2.45, 2.75) is 36.8 Å². The molecule has 0 atom stereocenters. The van der Waals surface area contributed by atoms with Crippen molar-refractivity contribution in [2.24, 2.45) is 0 Å². The fraction of sp³-hybridized carbons (Fsp3) is 0.263. The Morgan fingerprint density at radius 2 is 1.92 bits per heavy atom. The minimum Gasteiger partial charge on any atom is -0.252 e. The third-order valence-corrected chi connectivity index (χ3v) is 5.56. The number of nitriles is 1. The molecule has 6 heteroatoms. The number of rotatable bonds is 7. The summed E-state index contributed by atoms with van der Waals surface area (Å²) in [5.74, 6) is 2.00. The van der Waals surface area contributed by atoms with Gasteiger partial charge in [-0.2, -0.15) is 5.26 Å². The van der Waals surface area contributed by atoms with Gasteiger partial charge >= 0.3 is 5.70 Å². The first-order valence-corrected chi connectivity index (χ1v) is 9.68. The number of pyridine rings is 1. The highest BCUT2D eigenvalue weighted by Gasteiger charge is 2.20. The quantitative estimate of drug-likeness (QED) is 0.471. The zero-order valence-electron chi connectivity index (χ0n) is 14.1. The molecule has 0 saturated carbocycles. The zero-order valence-corrected chi connectivity index (χ0v) is 14.9. The van der Waals surface area contributed by atoms with E-state index >= 15 is 0 Å². The van der Waals surface area contributed by atoms with Crippen molar-refractivity contribution in [1.29, 1.82) is 10.7 Å². The SMILES string of the molecule is CCCCc1c[n+](C(=C=N)C#N)ccc1CS(=O)(=O)c1ccccc1. The van der Waals surface area contributed by atoms with Gasteiger partial charge in [0, 0.05) is 11.6 Å². The van der Waals surface area contributed by atoms with Crippen LogP contribution in [-0.2, 0) is 22.0 Å². The molecule has 0 amide bonds. The lowest BCUT2D eigenvalue weighted by molar-refractivity contribution is -0.576. The number of benzene rings is 1. The van der Waals surface area contributed by atoms with Gasteiger partial charge in [-0.05, 0) is 30.5 Å². The van der Waals surface area contributed by atoms with Gasteiger partial charge in [-0.3, -0.25) is 5.41 Å². The normalized spacial score (nSPS) is 10.7. The van der Waals surface area contributed by atoms with E-state index in [1.54, 1.807) is 48.8 Å². The smallest absolute Gasteiger partial charge is 0.252 e. The number of unbranched alkanes of at least 4 members (excludes halogenated alkanes) is 1. The van der Waals surface area contributed by atoms with E-state index in [9.17, 15) is 8.42 Å². The maximum atomic E-state index is 12.7. The van der Waals surface area contributed by atoms with Crippen LogP contribution in [0.1, 0.15) is 30.9 Å². The summed E-state index contributed by atoms with van der Waals surface area (Å²) >= 11 is 0. The molecular formula is C19H20N3O2S+. The van der Waals surface area contributed by atoms with E-state index in [2.05, 4.69) is 12.8 Å². The van der Waals surface area contributed by atoms with Gasteiger partial charge in [0.15, 0.2) is 28.3 Å². The van der Waals surface area contributed by atoms with Crippen LogP contribution in [0.2, 0.25) is 0 Å². The number of hydrogen-bond donors (Lipinski definition) is 1. The van der Waals surface area contributed by atoms with E-state index in [1.165, 1.54) is 4.57 Å². The van der Waals surface area contributed by atoms with E-state index in [4.69, 9.17) is 10.7 Å². The number of nitrogens with zero attached hydrogens (tertiary/aromatic N) is 2. The summed E-state index contributed by atoms with van der Waals surface area (Å²) in [7, 11) is -3.44. The molecule has 0 spiro atoms. The number of allylic oxidation sites excluding steroid dienone is 1. The van der Waals surface area contributed by atoms with Crippen LogP contribution in [0.3, 0.4) is 0 Å². The van der Waals surface area contributed by atoms with Crippen LogP contribution in [0.25, 0.3) is 5.70 Å². The standard InChI is InChI=1S/C19H20N3O2S/c1-2-3-7-16-14-22(18(12-20)13-21)11-10-17(16)15-25(23,24)19-8-5-4-6-9-19/h4-6,8-11,14,20H,2-3,7,15H2,1H3/q+1. The van der Waals surface area contributed by atoms with Gasteiger partial charge in [-0.1, -0.05) is 31.5 Å². The molecule has 5 nitrogen and oxygen atoms in total. The molecule has 25 heavy (non-hydrogen) atoms. The molecule has 0 aliphatic carbocycles. The third-order valence-electron chi connectivity index (χ3n) is 3.87. The maximum Gasteiger partial charge on any atom is 0.351 e. The van der Waals surface area contributed by atoms with Crippen molar-refractivity contribution in [3.05, 3.63) is 59.9 Å². The van der Waals surface area contributed by atoms with Crippen molar-refractivity contribution < 1.29 is 13.0 Å². The maximum absolute atomic E-state index is 12.7. The highest BCUT2D eigenvalue weighted by molar-refractivity contribution is 7.90. The average Bonchev–Trinajstić information content (AvgIpc) is 2.63. The Morgan fingerprint density at radius 1 is 1.20 bits per heavy atom. The molecule has 128 valence electrons. The Kier molecular flexibility index (Phi) is 6.24. The van der Waals surface area contributed by atoms with Crippen LogP contribution in [0, 0.1) is 16.7 Å². The lowest BCUT2D eigenvalue weighted by Gasteiger charge is -2.09. The molecule has 1 N–H and O–H groups in total. The molecule has 1 aromatic carbocycles. The predicted octanol–water partition coefficient (Wildman–Crippen LogP) is 2.90. The molecule has 0 fully saturated rings. The van der Waals surface area contributed by atoms with Crippen LogP contribution in [0.5, 0.6) is 0 Å². The van der Waals surface area contributed by atoms with Gasteiger partial charge in [-0.15, -0.1) is 4.57 Å². The highest BCUT2D eigenvalue weighted by atomic mass is 32.2. The summed E-state index contributed by atoms with van der Waals surface area (Å²) < 4.78 is 26.8. The second kappa shape index (κ2) is 8.39. The number of hydrogen-bond acceptors (Lipinski definition) is 4. The second-order valence-electron chi connectivity index (χ2n) is 5.66. The lowest BCUT2D eigenvalue weighted by Crippen LogP contribution is -2.32. The first-order valence-electron chi connectivity index (χ1n) is 8.03. The molecule has 0 aliphatic rings. The molecule has 0 radical (unpaired) electrons. The number of aryl methyl sites for hydroxylation is 1. The molecule has 2 rings (SSSR count). The summed E-state index contributed by atoms with van der Waals surface area (Å²) in [6, 6.07) is 12.0. The van der Waals surface area contributed by atoms with E-state index in [1.807, 2.05) is 6.07 Å². The van der Waals surface area contributed by atoms with Crippen LogP contribution in [-0.4, -0.2) is 14.3 Å². The first-order chi connectivity index (χ1) is 12.0. The summed E-state index contributed by atoms with van der Waals surface area (Å²) in [6.45, 7) is 2.07. The van der Waals surface area contributed by atoms with E-state index in [0.29, 0.717) is 11.3 Å². The topological polar surface area (TPSA) is 85.7 Å². The monoisotopic (exact) mass is 354 g/mol. The summed E-state index contributed by atoms with van der Waals surface area (Å²) in [4.78, 5) is 0.297. The summed E-state index contributed by atoms with van der Waals surface area (Å²) in [5, 5.41) is 16.3. The predicted molar refractivity (Wildman–Crippen MR) is 95.6 cm³/mol. The molecule has 1 aromatic heterocycles. The molecule has 0 aliphatic heterocycles. The first kappa shape index (κ1) is 18.6. The summed E-state index contributed by atoms with van der Waals surface area (Å²) in [6.07, 6.45) is 5.94. The van der Waals surface area contributed by atoms with E-state index < -0.39 is 9.84 Å². The largest absolute Gasteiger partial charge is 0.351 e. The van der Waals surface area contributed by atoms with Gasteiger partial charge in [0.05, 0.1) is 16.5 Å². The average molecular weight is 354 g/mol. The van der Waals surface area contributed by atoms with Gasteiger partial charge < -0.3 is 0 Å². The minimum absolute atomic E-state index is 0.0650. The Balaban J connectivity index is 2.43. The van der Waals surface area contributed by atoms with Gasteiger partial charge in [0.2, 0.25) is 0 Å². The van der Waals surface area contributed by atoms with Gasteiger partial charge in [0.25, 0.3) is 0 Å². The molecular weight excluding hydrogens is 334 g/mol. The molecule has 0 saturated heterocycles. The van der Waals surface area contributed by atoms with Crippen LogP contribution < -0.4 is 4.57 Å². The van der Waals surface area contributed by atoms with Gasteiger partial charge in [0.1, 0.15) is 0 Å². The van der Waals surface area contributed by atoms with Crippen molar-refractivity contribution >= 4 is 21.4 Å². The third kappa shape index (κ3) is 4.63. The fourth-order valence-corrected chi connectivity index (χ4v) is 3.94. The Morgan fingerprint density at radius 3 is 2.52 bits per heavy atom. The second-order valence-corrected chi connectivity index (χ2v) is 7.65. The Hall–Kier alpha value is -2.74. The van der Waals surface area contributed by atoms with E-state index in [-0.39, 0.29) is 11.4 Å². The number of nitrogens with one attached hydrogen (secondary N) is 1. The molecule has 0 unspecified atom stereocenters. The molecule has 2 aromatic rings. The summed E-state index contributed by atoms with van der Waals surface area (Å²) in [5.41, 5.74) is 1.65. The van der Waals surface area contributed by atoms with Crippen molar-refractivity contribution in [1.82, 2.24) is 0 Å². The molecule has 0 bridgehead atoms. The number of aromatic nitrogens is 1. The highest BCUT2D eigenvalue weighted by Crippen LogP contribution is 2.19. The van der Waals surface area contributed by atoms with Crippen molar-refractivity contribution in [3.8, 4) is 6.07 Å². The van der Waals surface area contributed by atoms with Gasteiger partial charge in [-0.25, -0.2) is 8.42 Å². The van der Waals surface area contributed by atoms with Crippen molar-refractivity contribution in [2.75, 3.05) is 0 Å². The Bertz CT molecular complexity index is 938. The molecule has 1 heterocycles. The zero-order chi connectivity index (χ0) is 18.3.